The molecule has 7 heteroatoms. The minimum Gasteiger partial charge on any atom is -0.341 e. The summed E-state index contributed by atoms with van der Waals surface area (Å²) in [7, 11) is -4.31. The second-order valence-electron chi connectivity index (χ2n) is 2.41. The molecule has 1 aliphatic heterocycles. The Morgan fingerprint density at radius 2 is 2.17 bits per heavy atom. The van der Waals surface area contributed by atoms with Crippen LogP contribution in [0.25, 0.3) is 0 Å². The van der Waals surface area contributed by atoms with Gasteiger partial charge >= 0.3 is 7.75 Å². The maximum Gasteiger partial charge on any atom is 0.432 e. The largest absolute Gasteiger partial charge is 0.432 e. The van der Waals surface area contributed by atoms with Crippen LogP contribution >= 0.6 is 7.75 Å². The summed E-state index contributed by atoms with van der Waals surface area (Å²) in [5.41, 5.74) is 0. The highest BCUT2D eigenvalue weighted by Crippen LogP contribution is 2.41. The Bertz CT molecular complexity index is 238. The molecule has 0 aromatic heterocycles. The molecule has 1 saturated heterocycles. The van der Waals surface area contributed by atoms with Crippen molar-refractivity contribution in [1.29, 1.82) is 5.41 Å². The second kappa shape index (κ2) is 3.05. The molecule has 1 fully saturated rings. The van der Waals surface area contributed by atoms with Gasteiger partial charge in [0.25, 0.3) is 0 Å². The first kappa shape index (κ1) is 9.51. The molecule has 68 valence electrons. The lowest BCUT2D eigenvalue weighted by Crippen LogP contribution is -2.30. The van der Waals surface area contributed by atoms with E-state index in [4.69, 9.17) is 22.1 Å². The summed E-state index contributed by atoms with van der Waals surface area (Å²) in [5.74, 6) is -0.203. The van der Waals surface area contributed by atoms with Gasteiger partial charge in [-0.25, -0.2) is 9.24 Å². The first-order chi connectivity index (χ1) is 5.46. The van der Waals surface area contributed by atoms with Gasteiger partial charge in [-0.3, -0.25) is 5.41 Å². The Hall–Kier alpha value is -0.580. The summed E-state index contributed by atoms with van der Waals surface area (Å²) in [6.45, 7) is 5.88. The zero-order valence-electron chi connectivity index (χ0n) is 6.34. The summed E-state index contributed by atoms with van der Waals surface area (Å²) in [6.07, 6.45) is 0. The lowest BCUT2D eigenvalue weighted by molar-refractivity contribution is 0.323. The number of hydrogen-bond acceptors (Lipinski definition) is 2. The SMILES string of the molecule is [CH]CN1CCN(P(=O)(O)O)C1=N. The van der Waals surface area contributed by atoms with Crippen molar-refractivity contribution in [3.8, 4) is 0 Å². The molecule has 0 bridgehead atoms. The summed E-state index contributed by atoms with van der Waals surface area (Å²) >= 11 is 0. The van der Waals surface area contributed by atoms with Gasteiger partial charge in [0.1, 0.15) is 0 Å². The molecule has 12 heavy (non-hydrogen) atoms. The average molecular weight is 191 g/mol. The smallest absolute Gasteiger partial charge is 0.341 e. The molecule has 3 N–H and O–H groups in total. The first-order valence-electron chi connectivity index (χ1n) is 3.34. The molecule has 0 amide bonds. The molecule has 1 aliphatic rings. The van der Waals surface area contributed by atoms with Crippen molar-refractivity contribution in [3.05, 3.63) is 6.92 Å². The Balaban J connectivity index is 2.74. The number of hydrogen-bond donors (Lipinski definition) is 3. The van der Waals surface area contributed by atoms with Gasteiger partial charge in [-0.05, 0) is 6.92 Å². The van der Waals surface area contributed by atoms with Crippen LogP contribution in [0.2, 0.25) is 0 Å². The fraction of sp³-hybridized carbons (Fsp3) is 0.600. The molecule has 6 nitrogen and oxygen atoms in total. The van der Waals surface area contributed by atoms with Crippen LogP contribution in [-0.2, 0) is 4.57 Å². The third-order valence-electron chi connectivity index (χ3n) is 1.66. The van der Waals surface area contributed by atoms with Crippen molar-refractivity contribution < 1.29 is 14.4 Å². The fourth-order valence-electron chi connectivity index (χ4n) is 1.02. The van der Waals surface area contributed by atoms with Crippen molar-refractivity contribution in [3.63, 3.8) is 0 Å². The molecule has 0 unspecified atom stereocenters. The van der Waals surface area contributed by atoms with Crippen molar-refractivity contribution in [1.82, 2.24) is 9.57 Å². The monoisotopic (exact) mass is 191 g/mol. The van der Waals surface area contributed by atoms with Gasteiger partial charge in [0.15, 0.2) is 0 Å². The second-order valence-corrected chi connectivity index (χ2v) is 3.92. The van der Waals surface area contributed by atoms with E-state index < -0.39 is 7.75 Å². The van der Waals surface area contributed by atoms with E-state index in [-0.39, 0.29) is 19.0 Å². The van der Waals surface area contributed by atoms with Crippen LogP contribution in [0, 0.1) is 12.3 Å². The molecular formula is C5H10N3O3P. The third kappa shape index (κ3) is 1.60. The van der Waals surface area contributed by atoms with Crippen molar-refractivity contribution in [2.45, 2.75) is 0 Å². The minimum absolute atomic E-state index is 0.106. The molecule has 0 aromatic rings. The Morgan fingerprint density at radius 1 is 1.58 bits per heavy atom. The summed E-state index contributed by atoms with van der Waals surface area (Å²) < 4.78 is 11.5. The van der Waals surface area contributed by atoms with Crippen LogP contribution in [0.4, 0.5) is 0 Å². The van der Waals surface area contributed by atoms with E-state index in [1.165, 1.54) is 4.90 Å². The van der Waals surface area contributed by atoms with E-state index in [2.05, 4.69) is 0 Å². The zero-order valence-corrected chi connectivity index (χ0v) is 7.24. The van der Waals surface area contributed by atoms with E-state index in [0.29, 0.717) is 6.54 Å². The van der Waals surface area contributed by atoms with E-state index in [0.717, 1.165) is 4.67 Å². The number of guanidine groups is 1. The third-order valence-corrected chi connectivity index (χ3v) is 2.68. The van der Waals surface area contributed by atoms with Crippen molar-refractivity contribution >= 4 is 13.7 Å². The van der Waals surface area contributed by atoms with E-state index in [1.807, 2.05) is 0 Å². The molecule has 1 rings (SSSR count). The van der Waals surface area contributed by atoms with Gasteiger partial charge in [-0.1, -0.05) is 0 Å². The maximum atomic E-state index is 10.7. The molecule has 1 heterocycles. The standard InChI is InChI=1S/C5H10N3O3P/c1-2-7-3-4-8(5(7)6)12(9,10)11/h1,6H,2-4H2,(H2,9,10,11). The molecule has 0 aliphatic carbocycles. The van der Waals surface area contributed by atoms with Crippen molar-refractivity contribution in [2.75, 3.05) is 19.6 Å². The topological polar surface area (TPSA) is 87.9 Å². The van der Waals surface area contributed by atoms with Crippen LogP contribution in [0.5, 0.6) is 0 Å². The predicted octanol–water partition coefficient (Wildman–Crippen LogP) is -0.657. The summed E-state index contributed by atoms with van der Waals surface area (Å²) in [5, 5.41) is 7.30. The lowest BCUT2D eigenvalue weighted by atomic mass is 10.6. The maximum absolute atomic E-state index is 10.7. The molecular weight excluding hydrogens is 181 g/mol. The van der Waals surface area contributed by atoms with Crippen LogP contribution < -0.4 is 0 Å². The van der Waals surface area contributed by atoms with Gasteiger partial charge in [0.2, 0.25) is 5.96 Å². The van der Waals surface area contributed by atoms with Crippen molar-refractivity contribution in [2.24, 2.45) is 0 Å². The Morgan fingerprint density at radius 3 is 2.42 bits per heavy atom. The van der Waals surface area contributed by atoms with Gasteiger partial charge in [0, 0.05) is 19.6 Å². The van der Waals surface area contributed by atoms with Gasteiger partial charge < -0.3 is 14.7 Å². The zero-order chi connectivity index (χ0) is 9.35. The van der Waals surface area contributed by atoms with Crippen LogP contribution in [-0.4, -0.2) is 45.0 Å². The first-order valence-corrected chi connectivity index (χ1v) is 4.90. The van der Waals surface area contributed by atoms with Gasteiger partial charge in [-0.15, -0.1) is 0 Å². The summed E-state index contributed by atoms with van der Waals surface area (Å²) in [6, 6.07) is 0. The van der Waals surface area contributed by atoms with Crippen LogP contribution in [0.3, 0.4) is 0 Å². The normalized spacial score (nSPS) is 19.1. The fourth-order valence-corrected chi connectivity index (χ4v) is 1.75. The molecule has 0 atom stereocenters. The highest BCUT2D eigenvalue weighted by atomic mass is 31.2. The Labute approximate surface area is 70.5 Å². The Kier molecular flexibility index (Phi) is 2.41. The highest BCUT2D eigenvalue weighted by molar-refractivity contribution is 7.50. The average Bonchev–Trinajstić information content (AvgIpc) is 2.29. The minimum atomic E-state index is -4.31. The molecule has 0 spiro atoms. The van der Waals surface area contributed by atoms with E-state index in [1.54, 1.807) is 0 Å². The van der Waals surface area contributed by atoms with Gasteiger partial charge in [-0.2, -0.15) is 0 Å². The quantitative estimate of drug-likeness (QED) is 0.504. The predicted molar refractivity (Wildman–Crippen MR) is 42.3 cm³/mol. The number of rotatable bonds is 2. The number of nitrogens with one attached hydrogen (secondary N) is 1. The molecule has 0 aromatic carbocycles. The summed E-state index contributed by atoms with van der Waals surface area (Å²) in [4.78, 5) is 18.8. The van der Waals surface area contributed by atoms with Gasteiger partial charge in [0.05, 0.1) is 0 Å². The van der Waals surface area contributed by atoms with Crippen LogP contribution in [0.1, 0.15) is 0 Å². The number of nitrogens with zero attached hydrogens (tertiary/aromatic N) is 2. The van der Waals surface area contributed by atoms with E-state index in [9.17, 15) is 4.57 Å². The van der Waals surface area contributed by atoms with Crippen LogP contribution in [0.15, 0.2) is 0 Å². The highest BCUT2D eigenvalue weighted by Gasteiger charge is 2.35. The van der Waals surface area contributed by atoms with E-state index >= 15 is 0 Å². The lowest BCUT2D eigenvalue weighted by Gasteiger charge is -2.20. The molecule has 2 radical (unpaired) electrons. The molecule has 0 saturated carbocycles.